The molecule has 0 atom stereocenters. The van der Waals surface area contributed by atoms with Crippen LogP contribution in [0.3, 0.4) is 0 Å². The molecule has 16 heavy (non-hydrogen) atoms. The van der Waals surface area contributed by atoms with E-state index in [1.807, 2.05) is 6.92 Å². The Morgan fingerprint density at radius 1 is 1.38 bits per heavy atom. The molecule has 1 aliphatic heterocycles. The van der Waals surface area contributed by atoms with E-state index in [0.29, 0.717) is 6.54 Å². The minimum absolute atomic E-state index is 0.0293. The molecule has 0 aliphatic carbocycles. The Morgan fingerprint density at radius 3 is 2.38 bits per heavy atom. The van der Waals surface area contributed by atoms with Gasteiger partial charge >= 0.3 is 5.97 Å². The standard InChI is InChI=1S/C10H19NO4S/c1-2-3-6-11-10(9(12)13)4-7-16(14,15)8-5-10/h11H,2-8H2,1H3,(H,12,13). The first-order valence-electron chi connectivity index (χ1n) is 5.61. The Bertz CT molecular complexity index is 336. The van der Waals surface area contributed by atoms with Crippen molar-refractivity contribution in [3.63, 3.8) is 0 Å². The molecule has 0 aromatic rings. The molecule has 0 radical (unpaired) electrons. The third-order valence-corrected chi connectivity index (χ3v) is 4.74. The second-order valence-corrected chi connectivity index (χ2v) is 6.62. The quantitative estimate of drug-likeness (QED) is 0.689. The second-order valence-electron chi connectivity index (χ2n) is 4.32. The summed E-state index contributed by atoms with van der Waals surface area (Å²) in [7, 11) is -3.02. The van der Waals surface area contributed by atoms with Crippen molar-refractivity contribution in [2.75, 3.05) is 18.1 Å². The van der Waals surface area contributed by atoms with Gasteiger partial charge in [0.2, 0.25) is 0 Å². The molecule has 94 valence electrons. The molecule has 1 saturated heterocycles. The van der Waals surface area contributed by atoms with Crippen molar-refractivity contribution in [2.24, 2.45) is 0 Å². The lowest BCUT2D eigenvalue weighted by Crippen LogP contribution is -2.56. The maximum absolute atomic E-state index is 11.3. The van der Waals surface area contributed by atoms with Crippen LogP contribution < -0.4 is 5.32 Å². The van der Waals surface area contributed by atoms with Gasteiger partial charge in [0.15, 0.2) is 0 Å². The molecule has 6 heteroatoms. The first kappa shape index (κ1) is 13.4. The number of unbranched alkanes of at least 4 members (excludes halogenated alkanes) is 1. The summed E-state index contributed by atoms with van der Waals surface area (Å²) in [5, 5.41) is 12.2. The number of sulfone groups is 1. The molecule has 5 nitrogen and oxygen atoms in total. The summed E-state index contributed by atoms with van der Waals surface area (Å²) in [5.41, 5.74) is -1.03. The number of hydrogen-bond acceptors (Lipinski definition) is 4. The molecule has 0 spiro atoms. The van der Waals surface area contributed by atoms with Gasteiger partial charge < -0.3 is 10.4 Å². The van der Waals surface area contributed by atoms with Crippen molar-refractivity contribution in [3.8, 4) is 0 Å². The van der Waals surface area contributed by atoms with Gasteiger partial charge in [-0.15, -0.1) is 0 Å². The zero-order valence-corrected chi connectivity index (χ0v) is 10.3. The van der Waals surface area contributed by atoms with Gasteiger partial charge in [0.05, 0.1) is 11.5 Å². The Labute approximate surface area is 96.1 Å². The number of carboxylic acids is 1. The fourth-order valence-electron chi connectivity index (χ4n) is 1.86. The van der Waals surface area contributed by atoms with Crippen LogP contribution in [0, 0.1) is 0 Å². The van der Waals surface area contributed by atoms with E-state index in [1.165, 1.54) is 0 Å². The Balaban J connectivity index is 2.65. The summed E-state index contributed by atoms with van der Waals surface area (Å²) >= 11 is 0. The van der Waals surface area contributed by atoms with Crippen LogP contribution in [0.2, 0.25) is 0 Å². The Hall–Kier alpha value is -0.620. The highest BCUT2D eigenvalue weighted by molar-refractivity contribution is 7.91. The fraction of sp³-hybridized carbons (Fsp3) is 0.900. The molecule has 0 unspecified atom stereocenters. The van der Waals surface area contributed by atoms with E-state index in [0.717, 1.165) is 12.8 Å². The summed E-state index contributed by atoms with van der Waals surface area (Å²) in [4.78, 5) is 11.2. The maximum atomic E-state index is 11.3. The van der Waals surface area contributed by atoms with Gasteiger partial charge in [0.1, 0.15) is 15.4 Å². The van der Waals surface area contributed by atoms with Crippen molar-refractivity contribution < 1.29 is 18.3 Å². The zero-order valence-electron chi connectivity index (χ0n) is 9.53. The molecule has 0 aromatic heterocycles. The van der Waals surface area contributed by atoms with Gasteiger partial charge in [0, 0.05) is 0 Å². The monoisotopic (exact) mass is 249 g/mol. The van der Waals surface area contributed by atoms with Crippen LogP contribution in [0.1, 0.15) is 32.6 Å². The highest BCUT2D eigenvalue weighted by Gasteiger charge is 2.42. The number of hydrogen-bond donors (Lipinski definition) is 2. The van der Waals surface area contributed by atoms with Gasteiger partial charge in [-0.2, -0.15) is 0 Å². The van der Waals surface area contributed by atoms with Gasteiger partial charge in [-0.25, -0.2) is 8.42 Å². The minimum Gasteiger partial charge on any atom is -0.480 e. The predicted molar refractivity (Wildman–Crippen MR) is 61.2 cm³/mol. The van der Waals surface area contributed by atoms with E-state index in [-0.39, 0.29) is 24.3 Å². The van der Waals surface area contributed by atoms with Crippen LogP contribution >= 0.6 is 0 Å². The molecule has 1 rings (SSSR count). The van der Waals surface area contributed by atoms with Crippen LogP contribution in [0.15, 0.2) is 0 Å². The molecule has 1 aliphatic rings. The van der Waals surface area contributed by atoms with Gasteiger partial charge in [-0.05, 0) is 25.8 Å². The Kier molecular flexibility index (Phi) is 4.32. The molecule has 2 N–H and O–H groups in total. The lowest BCUT2D eigenvalue weighted by molar-refractivity contribution is -0.145. The lowest BCUT2D eigenvalue weighted by atomic mass is 9.92. The lowest BCUT2D eigenvalue weighted by Gasteiger charge is -2.34. The van der Waals surface area contributed by atoms with Crippen LogP contribution in [0.4, 0.5) is 0 Å². The summed E-state index contributed by atoms with van der Waals surface area (Å²) in [6.45, 7) is 2.66. The number of carboxylic acid groups (broad SMARTS) is 1. The number of nitrogens with one attached hydrogen (secondary N) is 1. The minimum atomic E-state index is -3.02. The van der Waals surface area contributed by atoms with Crippen LogP contribution in [0.25, 0.3) is 0 Å². The highest BCUT2D eigenvalue weighted by Crippen LogP contribution is 2.24. The third-order valence-electron chi connectivity index (χ3n) is 3.08. The fourth-order valence-corrected chi connectivity index (χ4v) is 3.38. The maximum Gasteiger partial charge on any atom is 0.323 e. The predicted octanol–water partition coefficient (Wildman–Crippen LogP) is 0.408. The van der Waals surface area contributed by atoms with E-state index in [4.69, 9.17) is 0 Å². The van der Waals surface area contributed by atoms with E-state index in [2.05, 4.69) is 5.32 Å². The second kappa shape index (κ2) is 5.14. The van der Waals surface area contributed by atoms with Gasteiger partial charge in [-0.1, -0.05) is 13.3 Å². The largest absolute Gasteiger partial charge is 0.480 e. The summed E-state index contributed by atoms with van der Waals surface area (Å²) in [6, 6.07) is 0. The van der Waals surface area contributed by atoms with Crippen molar-refractivity contribution in [1.82, 2.24) is 5.32 Å². The number of carbonyl (C=O) groups is 1. The summed E-state index contributed by atoms with van der Waals surface area (Å²) in [6.07, 6.45) is 2.24. The zero-order chi connectivity index (χ0) is 12.2. The summed E-state index contributed by atoms with van der Waals surface area (Å²) in [5.74, 6) is -0.991. The normalized spacial score (nSPS) is 22.8. The van der Waals surface area contributed by atoms with Crippen molar-refractivity contribution in [2.45, 2.75) is 38.1 Å². The van der Waals surface area contributed by atoms with Crippen LogP contribution in [-0.4, -0.2) is 43.1 Å². The van der Waals surface area contributed by atoms with Gasteiger partial charge in [-0.3, -0.25) is 4.79 Å². The summed E-state index contributed by atoms with van der Waals surface area (Å²) < 4.78 is 22.5. The van der Waals surface area contributed by atoms with Crippen molar-refractivity contribution in [1.29, 1.82) is 0 Å². The smallest absolute Gasteiger partial charge is 0.323 e. The molecule has 1 heterocycles. The van der Waals surface area contributed by atoms with E-state index < -0.39 is 21.3 Å². The topological polar surface area (TPSA) is 83.5 Å². The first-order valence-corrected chi connectivity index (χ1v) is 7.43. The molecule has 1 fully saturated rings. The Morgan fingerprint density at radius 2 is 1.94 bits per heavy atom. The molecular formula is C10H19NO4S. The van der Waals surface area contributed by atoms with Crippen molar-refractivity contribution in [3.05, 3.63) is 0 Å². The molecule has 0 saturated carbocycles. The van der Waals surface area contributed by atoms with E-state index in [9.17, 15) is 18.3 Å². The SMILES string of the molecule is CCCCNC1(C(=O)O)CCS(=O)(=O)CC1. The average Bonchev–Trinajstić information content (AvgIpc) is 2.21. The van der Waals surface area contributed by atoms with E-state index >= 15 is 0 Å². The van der Waals surface area contributed by atoms with E-state index in [1.54, 1.807) is 0 Å². The third kappa shape index (κ3) is 3.18. The number of aliphatic carboxylic acids is 1. The van der Waals surface area contributed by atoms with Crippen molar-refractivity contribution >= 4 is 15.8 Å². The highest BCUT2D eigenvalue weighted by atomic mass is 32.2. The molecule has 0 bridgehead atoms. The average molecular weight is 249 g/mol. The molecule has 0 amide bonds. The molecule has 0 aromatic carbocycles. The first-order chi connectivity index (χ1) is 7.42. The molecular weight excluding hydrogens is 230 g/mol. The number of rotatable bonds is 5. The van der Waals surface area contributed by atoms with Gasteiger partial charge in [0.25, 0.3) is 0 Å². The van der Waals surface area contributed by atoms with Crippen LogP contribution in [-0.2, 0) is 14.6 Å². The van der Waals surface area contributed by atoms with Crippen LogP contribution in [0.5, 0.6) is 0 Å².